The van der Waals surface area contributed by atoms with Crippen molar-refractivity contribution in [3.63, 3.8) is 0 Å². The summed E-state index contributed by atoms with van der Waals surface area (Å²) >= 11 is 5.89. The molecule has 1 aromatic carbocycles. The summed E-state index contributed by atoms with van der Waals surface area (Å²) in [5.41, 5.74) is 6.03. The number of aromatic nitrogens is 1. The van der Waals surface area contributed by atoms with Crippen LogP contribution in [0, 0.1) is 5.82 Å². The lowest BCUT2D eigenvalue weighted by atomic mass is 10.1. The van der Waals surface area contributed by atoms with Crippen LogP contribution in [0.4, 0.5) is 10.2 Å². The summed E-state index contributed by atoms with van der Waals surface area (Å²) in [5, 5.41) is 3.26. The van der Waals surface area contributed by atoms with Crippen LogP contribution in [0.1, 0.15) is 28.9 Å². The van der Waals surface area contributed by atoms with Gasteiger partial charge in [0.1, 0.15) is 0 Å². The summed E-state index contributed by atoms with van der Waals surface area (Å²) in [4.78, 5) is 15.6. The Bertz CT molecular complexity index is 648. The predicted octanol–water partition coefficient (Wildman–Crippen LogP) is 2.95. The molecule has 0 saturated heterocycles. The van der Waals surface area contributed by atoms with Crippen LogP contribution in [0.2, 0.25) is 5.02 Å². The van der Waals surface area contributed by atoms with Gasteiger partial charge in [-0.25, -0.2) is 9.37 Å². The van der Waals surface area contributed by atoms with Gasteiger partial charge in [-0.15, -0.1) is 0 Å². The first kappa shape index (κ1) is 14.3. The van der Waals surface area contributed by atoms with Gasteiger partial charge in [0.05, 0.1) is 11.6 Å². The van der Waals surface area contributed by atoms with Crippen LogP contribution < -0.4 is 11.1 Å². The number of rotatable bonds is 3. The fourth-order valence-corrected chi connectivity index (χ4v) is 1.97. The molecular formula is C14H13ClFN3O. The van der Waals surface area contributed by atoms with Crippen molar-refractivity contribution in [1.29, 1.82) is 0 Å². The number of nitrogens with two attached hydrogens (primary N) is 1. The largest absolute Gasteiger partial charge is 0.381 e. The molecule has 4 nitrogen and oxygen atoms in total. The van der Waals surface area contributed by atoms with Crippen molar-refractivity contribution in [1.82, 2.24) is 10.3 Å². The normalized spacial score (nSPS) is 11.9. The average molecular weight is 294 g/mol. The quantitative estimate of drug-likeness (QED) is 0.914. The first-order valence-corrected chi connectivity index (χ1v) is 6.33. The average Bonchev–Trinajstić information content (AvgIpc) is 2.41. The molecule has 1 aromatic heterocycles. The Kier molecular flexibility index (Phi) is 4.20. The molecule has 104 valence electrons. The first-order chi connectivity index (χ1) is 9.49. The fraction of sp³-hybridized carbons (Fsp3) is 0.143. The summed E-state index contributed by atoms with van der Waals surface area (Å²) in [7, 11) is 0. The van der Waals surface area contributed by atoms with Crippen LogP contribution >= 0.6 is 11.6 Å². The highest BCUT2D eigenvalue weighted by molar-refractivity contribution is 6.30. The van der Waals surface area contributed by atoms with Crippen LogP contribution in [0.25, 0.3) is 0 Å². The molecule has 1 atom stereocenters. The second kappa shape index (κ2) is 5.88. The first-order valence-electron chi connectivity index (χ1n) is 5.95. The number of anilines is 1. The number of carbonyl (C=O) groups excluding carboxylic acids is 1. The summed E-state index contributed by atoms with van der Waals surface area (Å²) in [6.45, 7) is 1.78. The van der Waals surface area contributed by atoms with Crippen molar-refractivity contribution in [3.05, 3.63) is 58.5 Å². The molecule has 1 heterocycles. The predicted molar refractivity (Wildman–Crippen MR) is 75.9 cm³/mol. The van der Waals surface area contributed by atoms with Gasteiger partial charge in [0.25, 0.3) is 5.91 Å². The van der Waals surface area contributed by atoms with E-state index in [4.69, 9.17) is 17.3 Å². The number of benzene rings is 1. The standard InChI is InChI=1S/C14H13ClFN3O/c1-8(9-3-2-4-10(15)7-9)19-14(20)11-5-6-18-13(17)12(11)16/h2-8H,1H3,(H2,17,18)(H,19,20). The van der Waals surface area contributed by atoms with Gasteiger partial charge >= 0.3 is 0 Å². The second-order valence-electron chi connectivity index (χ2n) is 4.31. The number of carbonyl (C=O) groups is 1. The van der Waals surface area contributed by atoms with Crippen LogP contribution in [-0.4, -0.2) is 10.9 Å². The van der Waals surface area contributed by atoms with E-state index in [1.807, 2.05) is 6.07 Å². The third-order valence-electron chi connectivity index (χ3n) is 2.86. The molecule has 0 radical (unpaired) electrons. The highest BCUT2D eigenvalue weighted by atomic mass is 35.5. The SMILES string of the molecule is CC(NC(=O)c1ccnc(N)c1F)c1cccc(Cl)c1. The van der Waals surface area contributed by atoms with E-state index in [-0.39, 0.29) is 17.4 Å². The number of nitrogens with zero attached hydrogens (tertiary/aromatic N) is 1. The van der Waals surface area contributed by atoms with E-state index < -0.39 is 11.7 Å². The Morgan fingerprint density at radius 2 is 2.20 bits per heavy atom. The van der Waals surface area contributed by atoms with Crippen molar-refractivity contribution in [2.45, 2.75) is 13.0 Å². The van der Waals surface area contributed by atoms with Crippen LogP contribution in [0.15, 0.2) is 36.5 Å². The summed E-state index contributed by atoms with van der Waals surface area (Å²) in [6.07, 6.45) is 1.29. The van der Waals surface area contributed by atoms with Crippen molar-refractivity contribution >= 4 is 23.3 Å². The maximum atomic E-state index is 13.7. The molecule has 0 saturated carbocycles. The van der Waals surface area contributed by atoms with E-state index in [0.29, 0.717) is 5.02 Å². The number of nitrogen functional groups attached to an aromatic ring is 1. The van der Waals surface area contributed by atoms with Gasteiger partial charge in [0.2, 0.25) is 0 Å². The molecule has 0 aliphatic heterocycles. The third-order valence-corrected chi connectivity index (χ3v) is 3.09. The maximum absolute atomic E-state index is 13.7. The van der Waals surface area contributed by atoms with Gasteiger partial charge in [0.15, 0.2) is 11.6 Å². The molecular weight excluding hydrogens is 281 g/mol. The van der Waals surface area contributed by atoms with Gasteiger partial charge < -0.3 is 11.1 Å². The summed E-state index contributed by atoms with van der Waals surface area (Å²) in [6, 6.07) is 8.06. The van der Waals surface area contributed by atoms with Gasteiger partial charge in [-0.1, -0.05) is 23.7 Å². The molecule has 0 bridgehead atoms. The molecule has 1 unspecified atom stereocenters. The fourth-order valence-electron chi connectivity index (χ4n) is 1.77. The molecule has 0 aliphatic rings. The molecule has 2 aromatic rings. The molecule has 1 amide bonds. The molecule has 0 aliphatic carbocycles. The minimum atomic E-state index is -0.816. The lowest BCUT2D eigenvalue weighted by Gasteiger charge is -2.15. The highest BCUT2D eigenvalue weighted by Crippen LogP contribution is 2.19. The number of halogens is 2. The Labute approximate surface area is 120 Å². The zero-order valence-electron chi connectivity index (χ0n) is 10.7. The Balaban J connectivity index is 2.17. The number of pyridine rings is 1. The lowest BCUT2D eigenvalue weighted by Crippen LogP contribution is -2.27. The molecule has 3 N–H and O–H groups in total. The van der Waals surface area contributed by atoms with E-state index in [1.165, 1.54) is 12.3 Å². The third kappa shape index (κ3) is 3.05. The monoisotopic (exact) mass is 293 g/mol. The van der Waals surface area contributed by atoms with Gasteiger partial charge in [0, 0.05) is 11.2 Å². The van der Waals surface area contributed by atoms with Crippen LogP contribution in [0.5, 0.6) is 0 Å². The highest BCUT2D eigenvalue weighted by Gasteiger charge is 2.17. The summed E-state index contributed by atoms with van der Waals surface area (Å²) < 4.78 is 13.7. The number of amides is 1. The topological polar surface area (TPSA) is 68.0 Å². The smallest absolute Gasteiger partial charge is 0.254 e. The molecule has 20 heavy (non-hydrogen) atoms. The minimum absolute atomic E-state index is 0.133. The molecule has 0 spiro atoms. The van der Waals surface area contributed by atoms with Crippen molar-refractivity contribution in [3.8, 4) is 0 Å². The zero-order valence-corrected chi connectivity index (χ0v) is 11.5. The molecule has 0 fully saturated rings. The van der Waals surface area contributed by atoms with Gasteiger partial charge in [-0.05, 0) is 30.7 Å². The molecule has 6 heteroatoms. The summed E-state index contributed by atoms with van der Waals surface area (Å²) in [5.74, 6) is -1.67. The van der Waals surface area contributed by atoms with E-state index in [0.717, 1.165) is 5.56 Å². The Hall–Kier alpha value is -2.14. The van der Waals surface area contributed by atoms with Crippen LogP contribution in [-0.2, 0) is 0 Å². The van der Waals surface area contributed by atoms with E-state index >= 15 is 0 Å². The van der Waals surface area contributed by atoms with E-state index in [2.05, 4.69) is 10.3 Å². The molecule has 2 rings (SSSR count). The zero-order chi connectivity index (χ0) is 14.7. The van der Waals surface area contributed by atoms with Crippen molar-refractivity contribution in [2.24, 2.45) is 0 Å². The maximum Gasteiger partial charge on any atom is 0.254 e. The number of nitrogens with one attached hydrogen (secondary N) is 1. The van der Waals surface area contributed by atoms with Crippen molar-refractivity contribution < 1.29 is 9.18 Å². The number of hydrogen-bond donors (Lipinski definition) is 2. The van der Waals surface area contributed by atoms with Gasteiger partial charge in [-0.3, -0.25) is 4.79 Å². The van der Waals surface area contributed by atoms with Gasteiger partial charge in [-0.2, -0.15) is 0 Å². The Morgan fingerprint density at radius 3 is 2.90 bits per heavy atom. The van der Waals surface area contributed by atoms with Crippen LogP contribution in [0.3, 0.4) is 0 Å². The minimum Gasteiger partial charge on any atom is -0.381 e. The van der Waals surface area contributed by atoms with Crippen molar-refractivity contribution in [2.75, 3.05) is 5.73 Å². The lowest BCUT2D eigenvalue weighted by molar-refractivity contribution is 0.0936. The number of hydrogen-bond acceptors (Lipinski definition) is 3. The van der Waals surface area contributed by atoms with E-state index in [9.17, 15) is 9.18 Å². The Morgan fingerprint density at radius 1 is 1.45 bits per heavy atom. The second-order valence-corrected chi connectivity index (χ2v) is 4.74. The van der Waals surface area contributed by atoms with E-state index in [1.54, 1.807) is 25.1 Å².